The van der Waals surface area contributed by atoms with Crippen molar-refractivity contribution in [1.29, 1.82) is 5.26 Å². The number of hydrogen-bond acceptors (Lipinski definition) is 3. The quantitative estimate of drug-likeness (QED) is 0.539. The van der Waals surface area contributed by atoms with E-state index in [0.717, 1.165) is 27.9 Å². The lowest BCUT2D eigenvalue weighted by molar-refractivity contribution is 0.273. The molecule has 0 saturated heterocycles. The molecular formula is C21H16FN3O. The minimum atomic E-state index is -0.516. The number of pyridine rings is 1. The van der Waals surface area contributed by atoms with Crippen molar-refractivity contribution in [3.63, 3.8) is 0 Å². The normalized spacial score (nSPS) is 11.0. The third-order valence-corrected chi connectivity index (χ3v) is 4.38. The Labute approximate surface area is 150 Å². The van der Waals surface area contributed by atoms with Crippen LogP contribution in [0.3, 0.4) is 0 Å². The molecule has 0 aliphatic carbocycles. The molecule has 0 aliphatic rings. The summed E-state index contributed by atoms with van der Waals surface area (Å²) in [6, 6.07) is 19.6. The number of aromatic nitrogens is 2. The van der Waals surface area contributed by atoms with Crippen molar-refractivity contribution in [3.05, 3.63) is 65.7 Å². The van der Waals surface area contributed by atoms with Gasteiger partial charge in [0.25, 0.3) is 0 Å². The van der Waals surface area contributed by atoms with Crippen molar-refractivity contribution in [2.75, 3.05) is 13.3 Å². The van der Waals surface area contributed by atoms with Gasteiger partial charge >= 0.3 is 0 Å². The number of para-hydroxylation sites is 2. The molecule has 0 fully saturated rings. The molecule has 0 bridgehead atoms. The van der Waals surface area contributed by atoms with Crippen LogP contribution in [0, 0.1) is 18.3 Å². The Hall–Kier alpha value is -3.39. The Morgan fingerprint density at radius 2 is 1.92 bits per heavy atom. The Morgan fingerprint density at radius 3 is 2.65 bits per heavy atom. The first-order chi connectivity index (χ1) is 12.7. The van der Waals surface area contributed by atoms with Gasteiger partial charge in [-0.3, -0.25) is 4.40 Å². The predicted octanol–water partition coefficient (Wildman–Crippen LogP) is 4.68. The van der Waals surface area contributed by atoms with Gasteiger partial charge in [0.15, 0.2) is 5.65 Å². The fourth-order valence-electron chi connectivity index (χ4n) is 3.18. The maximum absolute atomic E-state index is 12.3. The summed E-state index contributed by atoms with van der Waals surface area (Å²) >= 11 is 0. The average molecular weight is 345 g/mol. The van der Waals surface area contributed by atoms with Crippen molar-refractivity contribution in [3.8, 4) is 23.1 Å². The molecule has 0 radical (unpaired) electrons. The highest BCUT2D eigenvalue weighted by Gasteiger charge is 2.16. The van der Waals surface area contributed by atoms with E-state index in [9.17, 15) is 9.65 Å². The fourth-order valence-corrected chi connectivity index (χ4v) is 3.18. The molecule has 2 aromatic carbocycles. The van der Waals surface area contributed by atoms with Gasteiger partial charge in [-0.2, -0.15) is 5.26 Å². The molecule has 5 heteroatoms. The molecule has 2 heterocycles. The number of ether oxygens (including phenoxy) is 1. The Bertz CT molecular complexity index is 1140. The number of rotatable bonds is 4. The predicted molar refractivity (Wildman–Crippen MR) is 99.1 cm³/mol. The van der Waals surface area contributed by atoms with Crippen LogP contribution in [0.15, 0.2) is 54.6 Å². The van der Waals surface area contributed by atoms with E-state index >= 15 is 0 Å². The van der Waals surface area contributed by atoms with E-state index < -0.39 is 6.67 Å². The van der Waals surface area contributed by atoms with E-state index in [1.165, 1.54) is 0 Å². The summed E-state index contributed by atoms with van der Waals surface area (Å²) < 4.78 is 19.6. The highest BCUT2D eigenvalue weighted by molar-refractivity contribution is 5.86. The molecule has 128 valence electrons. The van der Waals surface area contributed by atoms with Crippen molar-refractivity contribution >= 4 is 16.7 Å². The molecule has 0 unspecified atom stereocenters. The summed E-state index contributed by atoms with van der Waals surface area (Å²) in [5.41, 5.74) is 5.82. The lowest BCUT2D eigenvalue weighted by atomic mass is 10.1. The van der Waals surface area contributed by atoms with Gasteiger partial charge in [0, 0.05) is 0 Å². The standard InChI is InChI=1S/C21H16FN3O/c1-14-12-20(15-6-8-16(9-7-15)26-11-10-22)25-19-5-3-2-4-18(19)24-21(25)17(14)13-23/h2-9,12H,10-11H2,1H3. The van der Waals surface area contributed by atoms with Crippen molar-refractivity contribution in [2.24, 2.45) is 0 Å². The van der Waals surface area contributed by atoms with E-state index in [0.29, 0.717) is 17.0 Å². The summed E-state index contributed by atoms with van der Waals surface area (Å²) in [5, 5.41) is 9.57. The van der Waals surface area contributed by atoms with Crippen LogP contribution >= 0.6 is 0 Å². The second-order valence-electron chi connectivity index (χ2n) is 6.02. The molecule has 0 amide bonds. The Morgan fingerprint density at radius 1 is 1.15 bits per heavy atom. The average Bonchev–Trinajstić information content (AvgIpc) is 3.05. The second kappa shape index (κ2) is 6.49. The summed E-state index contributed by atoms with van der Waals surface area (Å²) in [4.78, 5) is 4.67. The van der Waals surface area contributed by atoms with Gasteiger partial charge < -0.3 is 4.74 Å². The first kappa shape index (κ1) is 16.1. The zero-order chi connectivity index (χ0) is 18.1. The first-order valence-corrected chi connectivity index (χ1v) is 8.33. The number of imidazole rings is 1. The zero-order valence-corrected chi connectivity index (χ0v) is 14.2. The van der Waals surface area contributed by atoms with Crippen LogP contribution in [-0.4, -0.2) is 22.7 Å². The smallest absolute Gasteiger partial charge is 0.156 e. The summed E-state index contributed by atoms with van der Waals surface area (Å²) in [6.45, 7) is 1.45. The lowest BCUT2D eigenvalue weighted by Crippen LogP contribution is -1.99. The maximum atomic E-state index is 12.3. The van der Waals surface area contributed by atoms with Gasteiger partial charge in [-0.25, -0.2) is 9.37 Å². The largest absolute Gasteiger partial charge is 0.491 e. The minimum Gasteiger partial charge on any atom is -0.491 e. The van der Waals surface area contributed by atoms with Crippen LogP contribution in [0.1, 0.15) is 11.1 Å². The maximum Gasteiger partial charge on any atom is 0.156 e. The van der Waals surface area contributed by atoms with Crippen LogP contribution in [0.2, 0.25) is 0 Å². The molecule has 4 nitrogen and oxygen atoms in total. The number of aryl methyl sites for hydroxylation is 1. The van der Waals surface area contributed by atoms with Crippen LogP contribution in [0.4, 0.5) is 4.39 Å². The number of benzene rings is 2. The van der Waals surface area contributed by atoms with Crippen LogP contribution in [0.5, 0.6) is 5.75 Å². The zero-order valence-electron chi connectivity index (χ0n) is 14.2. The molecular weight excluding hydrogens is 329 g/mol. The Kier molecular flexibility index (Phi) is 4.02. The van der Waals surface area contributed by atoms with Gasteiger partial charge in [0.05, 0.1) is 22.3 Å². The summed E-state index contributed by atoms with van der Waals surface area (Å²) in [6.07, 6.45) is 0. The van der Waals surface area contributed by atoms with E-state index in [2.05, 4.69) is 11.1 Å². The topological polar surface area (TPSA) is 50.3 Å². The Balaban J connectivity index is 1.96. The first-order valence-electron chi connectivity index (χ1n) is 8.33. The van der Waals surface area contributed by atoms with E-state index in [1.54, 1.807) is 0 Å². The molecule has 4 aromatic rings. The summed E-state index contributed by atoms with van der Waals surface area (Å²) in [7, 11) is 0. The number of fused-ring (bicyclic) bond motifs is 3. The van der Waals surface area contributed by atoms with Gasteiger partial charge in [-0.05, 0) is 60.5 Å². The van der Waals surface area contributed by atoms with E-state index in [-0.39, 0.29) is 6.61 Å². The van der Waals surface area contributed by atoms with Crippen LogP contribution in [-0.2, 0) is 0 Å². The molecule has 0 aliphatic heterocycles. The van der Waals surface area contributed by atoms with E-state index in [1.807, 2.05) is 65.9 Å². The minimum absolute atomic E-state index is 0.0473. The van der Waals surface area contributed by atoms with Crippen LogP contribution < -0.4 is 4.74 Å². The number of nitriles is 1. The van der Waals surface area contributed by atoms with Gasteiger partial charge in [0.2, 0.25) is 0 Å². The molecule has 26 heavy (non-hydrogen) atoms. The SMILES string of the molecule is Cc1cc(-c2ccc(OCCF)cc2)n2c(nc3ccccc32)c1C#N. The van der Waals surface area contributed by atoms with E-state index in [4.69, 9.17) is 4.74 Å². The monoisotopic (exact) mass is 345 g/mol. The van der Waals surface area contributed by atoms with Gasteiger partial charge in [0.1, 0.15) is 25.1 Å². The molecule has 0 spiro atoms. The molecule has 0 saturated carbocycles. The van der Waals surface area contributed by atoms with Crippen molar-refractivity contribution in [1.82, 2.24) is 9.38 Å². The summed E-state index contributed by atoms with van der Waals surface area (Å²) in [5.74, 6) is 0.628. The number of halogens is 1. The number of nitrogens with zero attached hydrogens (tertiary/aromatic N) is 3. The van der Waals surface area contributed by atoms with Gasteiger partial charge in [-0.15, -0.1) is 0 Å². The lowest BCUT2D eigenvalue weighted by Gasteiger charge is -2.11. The number of hydrogen-bond donors (Lipinski definition) is 0. The molecule has 0 atom stereocenters. The third-order valence-electron chi connectivity index (χ3n) is 4.38. The number of alkyl halides is 1. The highest BCUT2D eigenvalue weighted by atomic mass is 19.1. The fraction of sp³-hybridized carbons (Fsp3) is 0.143. The van der Waals surface area contributed by atoms with Gasteiger partial charge in [-0.1, -0.05) is 12.1 Å². The molecule has 4 rings (SSSR count). The van der Waals surface area contributed by atoms with Crippen LogP contribution in [0.25, 0.3) is 27.9 Å². The third kappa shape index (κ3) is 2.56. The molecule has 0 N–H and O–H groups in total. The molecule has 2 aromatic heterocycles. The second-order valence-corrected chi connectivity index (χ2v) is 6.02. The van der Waals surface area contributed by atoms with Crippen molar-refractivity contribution in [2.45, 2.75) is 6.92 Å². The van der Waals surface area contributed by atoms with Crippen molar-refractivity contribution < 1.29 is 9.13 Å². The highest BCUT2D eigenvalue weighted by Crippen LogP contribution is 2.30.